The minimum absolute atomic E-state index is 0.638. The van der Waals surface area contributed by atoms with Crippen molar-refractivity contribution in [1.82, 2.24) is 9.80 Å². The SMILES string of the molecule is CCCN(CCCCN1CCN(c2cccc(Cl)c2Cl)CC1)Cc1cc2ccccc2s1. The fourth-order valence-electron chi connectivity index (χ4n) is 4.54. The Kier molecular flexibility index (Phi) is 8.73. The molecule has 0 saturated carbocycles. The van der Waals surface area contributed by atoms with Crippen LogP contribution in [0.3, 0.4) is 0 Å². The summed E-state index contributed by atoms with van der Waals surface area (Å²) in [6.45, 7) is 11.1. The maximum absolute atomic E-state index is 6.41. The molecule has 0 radical (unpaired) electrons. The fourth-order valence-corrected chi connectivity index (χ4v) is 6.06. The molecule has 0 spiro atoms. The van der Waals surface area contributed by atoms with Gasteiger partial charge in [-0.1, -0.05) is 54.4 Å². The zero-order valence-corrected chi connectivity index (χ0v) is 21.2. The quantitative estimate of drug-likeness (QED) is 0.283. The molecule has 3 nitrogen and oxygen atoms in total. The lowest BCUT2D eigenvalue weighted by molar-refractivity contribution is 0.230. The van der Waals surface area contributed by atoms with E-state index < -0.39 is 0 Å². The summed E-state index contributed by atoms with van der Waals surface area (Å²) in [5.41, 5.74) is 1.07. The Morgan fingerprint density at radius 3 is 2.53 bits per heavy atom. The Morgan fingerprint density at radius 2 is 1.75 bits per heavy atom. The number of hydrogen-bond acceptors (Lipinski definition) is 4. The number of rotatable bonds is 10. The van der Waals surface area contributed by atoms with Crippen molar-refractivity contribution in [3.8, 4) is 0 Å². The normalized spacial score (nSPS) is 15.2. The summed E-state index contributed by atoms with van der Waals surface area (Å²) in [5, 5.41) is 2.69. The summed E-state index contributed by atoms with van der Waals surface area (Å²) in [7, 11) is 0. The lowest BCUT2D eigenvalue weighted by Crippen LogP contribution is -2.46. The number of halogens is 2. The van der Waals surface area contributed by atoms with Gasteiger partial charge in [0.15, 0.2) is 0 Å². The van der Waals surface area contributed by atoms with Crippen LogP contribution in [0.2, 0.25) is 10.0 Å². The standard InChI is InChI=1S/C26H33Cl2N3S/c1-2-12-30(20-22-19-21-8-3-4-11-25(21)32-22)14-6-5-13-29-15-17-31(18-16-29)24-10-7-9-23(27)26(24)28/h3-4,7-11,19H,2,5-6,12-18,20H2,1H3. The first-order chi connectivity index (χ1) is 15.6. The van der Waals surface area contributed by atoms with Gasteiger partial charge in [0.25, 0.3) is 0 Å². The van der Waals surface area contributed by atoms with Crippen molar-refractivity contribution in [3.05, 3.63) is 63.5 Å². The minimum atomic E-state index is 0.638. The van der Waals surface area contributed by atoms with Crippen LogP contribution in [-0.2, 0) is 6.54 Å². The molecule has 4 rings (SSSR count). The number of hydrogen-bond donors (Lipinski definition) is 0. The van der Waals surface area contributed by atoms with Gasteiger partial charge < -0.3 is 4.90 Å². The van der Waals surface area contributed by atoms with E-state index in [1.807, 2.05) is 23.5 Å². The Labute approximate surface area is 206 Å². The predicted octanol–water partition coefficient (Wildman–Crippen LogP) is 7.02. The number of benzene rings is 2. The number of piperazine rings is 1. The lowest BCUT2D eigenvalue weighted by Gasteiger charge is -2.36. The van der Waals surface area contributed by atoms with Gasteiger partial charge in [-0.05, 0) is 68.5 Å². The van der Waals surface area contributed by atoms with Crippen molar-refractivity contribution in [2.45, 2.75) is 32.7 Å². The van der Waals surface area contributed by atoms with Crippen LogP contribution in [-0.4, -0.2) is 55.6 Å². The molecule has 3 aromatic rings. The van der Waals surface area contributed by atoms with Gasteiger partial charge in [-0.15, -0.1) is 11.3 Å². The Bertz CT molecular complexity index is 965. The summed E-state index contributed by atoms with van der Waals surface area (Å²) >= 11 is 14.5. The number of nitrogens with zero attached hydrogens (tertiary/aromatic N) is 3. The second-order valence-electron chi connectivity index (χ2n) is 8.64. The minimum Gasteiger partial charge on any atom is -0.368 e. The highest BCUT2D eigenvalue weighted by molar-refractivity contribution is 7.19. The smallest absolute Gasteiger partial charge is 0.0825 e. The highest BCUT2D eigenvalue weighted by Gasteiger charge is 2.19. The van der Waals surface area contributed by atoms with Crippen LogP contribution in [0.4, 0.5) is 5.69 Å². The largest absolute Gasteiger partial charge is 0.368 e. The van der Waals surface area contributed by atoms with Crippen molar-refractivity contribution in [2.75, 3.05) is 50.7 Å². The van der Waals surface area contributed by atoms with E-state index in [1.54, 1.807) is 0 Å². The summed E-state index contributed by atoms with van der Waals surface area (Å²) < 4.78 is 1.40. The van der Waals surface area contributed by atoms with Crippen LogP contribution in [0.5, 0.6) is 0 Å². The third-order valence-electron chi connectivity index (χ3n) is 6.24. The van der Waals surface area contributed by atoms with Gasteiger partial charge in [0.2, 0.25) is 0 Å². The zero-order chi connectivity index (χ0) is 22.3. The first-order valence-corrected chi connectivity index (χ1v) is 13.3. The van der Waals surface area contributed by atoms with Gasteiger partial charge in [0.1, 0.15) is 0 Å². The molecule has 0 N–H and O–H groups in total. The molecular weight excluding hydrogens is 457 g/mol. The van der Waals surface area contributed by atoms with Gasteiger partial charge in [-0.2, -0.15) is 0 Å². The molecule has 1 fully saturated rings. The van der Waals surface area contributed by atoms with Gasteiger partial charge in [-0.3, -0.25) is 9.80 Å². The maximum atomic E-state index is 6.41. The van der Waals surface area contributed by atoms with Crippen LogP contribution in [0.15, 0.2) is 48.5 Å². The highest BCUT2D eigenvalue weighted by atomic mass is 35.5. The Balaban J connectivity index is 1.19. The fraction of sp³-hybridized carbons (Fsp3) is 0.462. The van der Waals surface area contributed by atoms with Crippen LogP contribution in [0, 0.1) is 0 Å². The molecular formula is C26H33Cl2N3S. The summed E-state index contributed by atoms with van der Waals surface area (Å²) in [6, 6.07) is 17.0. The Hall–Kier alpha value is -1.30. The number of unbranched alkanes of at least 4 members (excludes halogenated alkanes) is 1. The van der Waals surface area contributed by atoms with Crippen molar-refractivity contribution in [2.24, 2.45) is 0 Å². The van der Waals surface area contributed by atoms with Crippen LogP contribution >= 0.6 is 34.5 Å². The third kappa shape index (κ3) is 6.18. The van der Waals surface area contributed by atoms with E-state index in [2.05, 4.69) is 58.0 Å². The molecule has 6 heteroatoms. The second-order valence-corrected chi connectivity index (χ2v) is 10.6. The molecule has 0 atom stereocenters. The van der Waals surface area contributed by atoms with E-state index in [0.29, 0.717) is 10.0 Å². The number of thiophene rings is 1. The predicted molar refractivity (Wildman–Crippen MR) is 142 cm³/mol. The molecule has 2 heterocycles. The molecule has 0 amide bonds. The molecule has 0 bridgehead atoms. The van der Waals surface area contributed by atoms with Crippen molar-refractivity contribution >= 4 is 50.3 Å². The highest BCUT2D eigenvalue weighted by Crippen LogP contribution is 2.33. The van der Waals surface area contributed by atoms with Crippen molar-refractivity contribution < 1.29 is 0 Å². The average Bonchev–Trinajstić information content (AvgIpc) is 3.21. The van der Waals surface area contributed by atoms with E-state index in [0.717, 1.165) is 38.4 Å². The Morgan fingerprint density at radius 1 is 0.938 bits per heavy atom. The third-order valence-corrected chi connectivity index (χ3v) is 8.15. The average molecular weight is 491 g/mol. The summed E-state index contributed by atoms with van der Waals surface area (Å²) in [5.74, 6) is 0. The molecule has 0 aliphatic carbocycles. The van der Waals surface area contributed by atoms with Gasteiger partial charge in [0.05, 0.1) is 15.7 Å². The van der Waals surface area contributed by atoms with E-state index in [9.17, 15) is 0 Å². The molecule has 1 aliphatic rings. The molecule has 32 heavy (non-hydrogen) atoms. The lowest BCUT2D eigenvalue weighted by atomic mass is 10.2. The van der Waals surface area contributed by atoms with E-state index in [4.69, 9.17) is 23.2 Å². The van der Waals surface area contributed by atoms with E-state index in [1.165, 1.54) is 53.9 Å². The summed E-state index contributed by atoms with van der Waals surface area (Å²) in [6.07, 6.45) is 3.72. The van der Waals surface area contributed by atoms with Crippen molar-refractivity contribution in [1.29, 1.82) is 0 Å². The monoisotopic (exact) mass is 489 g/mol. The first-order valence-electron chi connectivity index (χ1n) is 11.7. The molecule has 172 valence electrons. The van der Waals surface area contributed by atoms with E-state index >= 15 is 0 Å². The van der Waals surface area contributed by atoms with Crippen LogP contribution < -0.4 is 4.90 Å². The van der Waals surface area contributed by atoms with Gasteiger partial charge in [-0.25, -0.2) is 0 Å². The molecule has 1 aromatic heterocycles. The van der Waals surface area contributed by atoms with Gasteiger partial charge in [0, 0.05) is 42.3 Å². The van der Waals surface area contributed by atoms with Crippen LogP contribution in [0.1, 0.15) is 31.1 Å². The topological polar surface area (TPSA) is 9.72 Å². The maximum Gasteiger partial charge on any atom is 0.0825 e. The molecule has 1 aliphatic heterocycles. The number of anilines is 1. The van der Waals surface area contributed by atoms with Crippen LogP contribution in [0.25, 0.3) is 10.1 Å². The van der Waals surface area contributed by atoms with E-state index in [-0.39, 0.29) is 0 Å². The second kappa shape index (κ2) is 11.7. The summed E-state index contributed by atoms with van der Waals surface area (Å²) in [4.78, 5) is 9.06. The molecule has 1 saturated heterocycles. The first kappa shape index (κ1) is 23.8. The molecule has 0 unspecified atom stereocenters. The zero-order valence-electron chi connectivity index (χ0n) is 18.9. The molecule has 2 aromatic carbocycles. The van der Waals surface area contributed by atoms with Crippen molar-refractivity contribution in [3.63, 3.8) is 0 Å². The van der Waals surface area contributed by atoms with Gasteiger partial charge >= 0.3 is 0 Å². The number of fused-ring (bicyclic) bond motifs is 1.